The Labute approximate surface area is 135 Å². The van der Waals surface area contributed by atoms with Gasteiger partial charge in [-0.2, -0.15) is 5.10 Å². The van der Waals surface area contributed by atoms with Crippen molar-refractivity contribution in [2.45, 2.75) is 58.5 Å². The molecule has 0 fully saturated rings. The second kappa shape index (κ2) is 6.69. The van der Waals surface area contributed by atoms with Crippen molar-refractivity contribution in [3.63, 3.8) is 0 Å². The highest BCUT2D eigenvalue weighted by atomic mass is 35.5. The lowest BCUT2D eigenvalue weighted by Gasteiger charge is -2.06. The largest absolute Gasteiger partial charge is 0.345 e. The van der Waals surface area contributed by atoms with Crippen LogP contribution in [0, 0.1) is 0 Å². The van der Waals surface area contributed by atoms with Crippen LogP contribution in [0.4, 0.5) is 0 Å². The Kier molecular flexibility index (Phi) is 4.67. The fourth-order valence-corrected chi connectivity index (χ4v) is 3.36. The van der Waals surface area contributed by atoms with Gasteiger partial charge in [-0.3, -0.25) is 4.57 Å². The van der Waals surface area contributed by atoms with Crippen molar-refractivity contribution in [3.8, 4) is 0 Å². The maximum absolute atomic E-state index is 12.5. The maximum Gasteiger partial charge on any atom is 0.345 e. The molecule has 4 nitrogen and oxygen atoms in total. The van der Waals surface area contributed by atoms with E-state index < -0.39 is 0 Å². The SMILES string of the molecule is CCCCCCn1nc2n(c1=O)CCc1cccc(Cl)c1C2. The van der Waals surface area contributed by atoms with Crippen LogP contribution < -0.4 is 5.69 Å². The summed E-state index contributed by atoms with van der Waals surface area (Å²) in [7, 11) is 0. The summed E-state index contributed by atoms with van der Waals surface area (Å²) in [4.78, 5) is 12.5. The molecular formula is C17H22ClN3O. The highest BCUT2D eigenvalue weighted by Crippen LogP contribution is 2.25. The number of hydrogen-bond acceptors (Lipinski definition) is 2. The van der Waals surface area contributed by atoms with E-state index in [1.165, 1.54) is 18.4 Å². The smallest absolute Gasteiger partial charge is 0.278 e. The summed E-state index contributed by atoms with van der Waals surface area (Å²) in [6.07, 6.45) is 6.06. The summed E-state index contributed by atoms with van der Waals surface area (Å²) >= 11 is 6.32. The summed E-state index contributed by atoms with van der Waals surface area (Å²) in [5.74, 6) is 0.840. The van der Waals surface area contributed by atoms with Crippen LogP contribution in [-0.2, 0) is 25.9 Å². The number of fused-ring (bicyclic) bond motifs is 2. The van der Waals surface area contributed by atoms with Crippen LogP contribution in [0.2, 0.25) is 5.02 Å². The minimum absolute atomic E-state index is 0.0235. The first-order chi connectivity index (χ1) is 10.7. The van der Waals surface area contributed by atoms with Gasteiger partial charge in [-0.05, 0) is 30.0 Å². The average molecular weight is 320 g/mol. The van der Waals surface area contributed by atoms with E-state index in [-0.39, 0.29) is 5.69 Å². The van der Waals surface area contributed by atoms with Crippen molar-refractivity contribution in [3.05, 3.63) is 50.7 Å². The molecule has 3 rings (SSSR count). The average Bonchev–Trinajstić information content (AvgIpc) is 2.69. The van der Waals surface area contributed by atoms with E-state index in [1.54, 1.807) is 4.68 Å². The normalized spacial score (nSPS) is 13.5. The third-order valence-electron chi connectivity index (χ3n) is 4.38. The standard InChI is InChI=1S/C17H22ClN3O/c1-2-3-4-5-10-21-17(22)20-11-9-13-7-6-8-15(18)14(13)12-16(20)19-21/h6-8H,2-5,9-12H2,1H3. The number of halogens is 1. The first-order valence-corrected chi connectivity index (χ1v) is 8.51. The molecule has 1 aromatic carbocycles. The van der Waals surface area contributed by atoms with Crippen LogP contribution in [0.5, 0.6) is 0 Å². The Morgan fingerprint density at radius 3 is 2.95 bits per heavy atom. The quantitative estimate of drug-likeness (QED) is 0.792. The summed E-state index contributed by atoms with van der Waals surface area (Å²) < 4.78 is 3.45. The van der Waals surface area contributed by atoms with Gasteiger partial charge in [0, 0.05) is 24.5 Å². The first kappa shape index (κ1) is 15.3. The van der Waals surface area contributed by atoms with Crippen LogP contribution in [0.1, 0.15) is 49.6 Å². The van der Waals surface area contributed by atoms with Crippen molar-refractivity contribution >= 4 is 11.6 Å². The monoisotopic (exact) mass is 319 g/mol. The number of rotatable bonds is 5. The molecule has 0 saturated carbocycles. The summed E-state index contributed by atoms with van der Waals surface area (Å²) in [6.45, 7) is 3.59. The molecule has 1 aliphatic heterocycles. The van der Waals surface area contributed by atoms with Gasteiger partial charge in [0.15, 0.2) is 0 Å². The van der Waals surface area contributed by atoms with Crippen LogP contribution in [0.25, 0.3) is 0 Å². The lowest BCUT2D eigenvalue weighted by Crippen LogP contribution is -2.25. The maximum atomic E-state index is 12.5. The molecule has 118 valence electrons. The fraction of sp³-hybridized carbons (Fsp3) is 0.529. The molecule has 0 spiro atoms. The van der Waals surface area contributed by atoms with E-state index >= 15 is 0 Å². The molecule has 2 heterocycles. The molecule has 0 N–H and O–H groups in total. The molecule has 0 radical (unpaired) electrons. The van der Waals surface area contributed by atoms with Gasteiger partial charge < -0.3 is 0 Å². The van der Waals surface area contributed by atoms with Crippen LogP contribution in [-0.4, -0.2) is 14.3 Å². The first-order valence-electron chi connectivity index (χ1n) is 8.13. The molecule has 0 amide bonds. The molecule has 2 aromatic rings. The van der Waals surface area contributed by atoms with Gasteiger partial charge in [0.05, 0.1) is 0 Å². The number of nitrogens with zero attached hydrogens (tertiary/aromatic N) is 3. The molecular weight excluding hydrogens is 298 g/mol. The summed E-state index contributed by atoms with van der Waals surface area (Å²) in [5.41, 5.74) is 2.37. The van der Waals surface area contributed by atoms with Gasteiger partial charge in [-0.1, -0.05) is 49.9 Å². The van der Waals surface area contributed by atoms with E-state index in [9.17, 15) is 4.79 Å². The molecule has 1 aliphatic rings. The fourth-order valence-electron chi connectivity index (χ4n) is 3.10. The molecule has 0 aliphatic carbocycles. The van der Waals surface area contributed by atoms with Crippen molar-refractivity contribution in [2.24, 2.45) is 0 Å². The zero-order valence-electron chi connectivity index (χ0n) is 13.0. The highest BCUT2D eigenvalue weighted by molar-refractivity contribution is 6.31. The van der Waals surface area contributed by atoms with Crippen molar-refractivity contribution < 1.29 is 0 Å². The van der Waals surface area contributed by atoms with Crippen molar-refractivity contribution in [2.75, 3.05) is 0 Å². The zero-order chi connectivity index (χ0) is 15.5. The van der Waals surface area contributed by atoms with Gasteiger partial charge >= 0.3 is 5.69 Å². The number of unbranched alkanes of at least 4 members (excludes halogenated alkanes) is 3. The van der Waals surface area contributed by atoms with Crippen LogP contribution in [0.15, 0.2) is 23.0 Å². The Morgan fingerprint density at radius 2 is 2.14 bits per heavy atom. The molecule has 22 heavy (non-hydrogen) atoms. The summed E-state index contributed by atoms with van der Waals surface area (Å²) in [5, 5.41) is 5.33. The molecule has 1 aromatic heterocycles. The molecule has 0 saturated heterocycles. The van der Waals surface area contributed by atoms with Crippen molar-refractivity contribution in [1.29, 1.82) is 0 Å². The highest BCUT2D eigenvalue weighted by Gasteiger charge is 2.20. The Bertz CT molecular complexity index is 717. The second-order valence-electron chi connectivity index (χ2n) is 5.94. The molecule has 0 bridgehead atoms. The predicted molar refractivity (Wildman–Crippen MR) is 88.6 cm³/mol. The minimum Gasteiger partial charge on any atom is -0.278 e. The van der Waals surface area contributed by atoms with Gasteiger partial charge in [0.25, 0.3) is 0 Å². The van der Waals surface area contributed by atoms with E-state index in [0.717, 1.165) is 35.7 Å². The van der Waals surface area contributed by atoms with Gasteiger partial charge in [0.1, 0.15) is 5.82 Å². The van der Waals surface area contributed by atoms with Gasteiger partial charge in [-0.15, -0.1) is 0 Å². The zero-order valence-corrected chi connectivity index (χ0v) is 13.8. The van der Waals surface area contributed by atoms with E-state index in [2.05, 4.69) is 18.1 Å². The summed E-state index contributed by atoms with van der Waals surface area (Å²) in [6, 6.07) is 5.98. The number of hydrogen-bond donors (Lipinski definition) is 0. The van der Waals surface area contributed by atoms with Crippen molar-refractivity contribution in [1.82, 2.24) is 14.3 Å². The predicted octanol–water partition coefficient (Wildman–Crippen LogP) is 3.43. The molecule has 5 heteroatoms. The molecule has 0 unspecified atom stereocenters. The van der Waals surface area contributed by atoms with Gasteiger partial charge in [-0.25, -0.2) is 9.48 Å². The Hall–Kier alpha value is -1.55. The Morgan fingerprint density at radius 1 is 1.27 bits per heavy atom. The third-order valence-corrected chi connectivity index (χ3v) is 4.73. The lowest BCUT2D eigenvalue weighted by molar-refractivity contribution is 0.518. The Balaban J connectivity index is 1.84. The molecule has 0 atom stereocenters. The number of benzene rings is 1. The van der Waals surface area contributed by atoms with E-state index in [4.69, 9.17) is 11.6 Å². The van der Waals surface area contributed by atoms with Gasteiger partial charge in [0.2, 0.25) is 0 Å². The van der Waals surface area contributed by atoms with Crippen LogP contribution in [0.3, 0.4) is 0 Å². The number of aryl methyl sites for hydroxylation is 2. The number of aromatic nitrogens is 3. The van der Waals surface area contributed by atoms with E-state index in [0.29, 0.717) is 19.5 Å². The van der Waals surface area contributed by atoms with E-state index in [1.807, 2.05) is 16.7 Å². The topological polar surface area (TPSA) is 39.8 Å². The van der Waals surface area contributed by atoms with Crippen LogP contribution >= 0.6 is 11.6 Å². The lowest BCUT2D eigenvalue weighted by atomic mass is 10.0. The third kappa shape index (κ3) is 2.98. The minimum atomic E-state index is 0.0235. The second-order valence-corrected chi connectivity index (χ2v) is 6.35.